The summed E-state index contributed by atoms with van der Waals surface area (Å²) < 4.78 is 55.3. The molecule has 0 radical (unpaired) electrons. The van der Waals surface area contributed by atoms with Gasteiger partial charge in [-0.3, -0.25) is 19.4 Å². The van der Waals surface area contributed by atoms with Gasteiger partial charge in [0.2, 0.25) is 5.91 Å². The Labute approximate surface area is 247 Å². The van der Waals surface area contributed by atoms with Crippen molar-refractivity contribution in [3.63, 3.8) is 0 Å². The SMILES string of the molecule is CCCC1C(C(=O)N2CCC(C#N)(c3cc(F)ccc3CCC(=O)O)CC2)CCCN1C(=O)c1ncccc1C(F)(F)F. The minimum atomic E-state index is -4.76. The fourth-order valence-electron chi connectivity index (χ4n) is 6.43. The fraction of sp³-hybridized carbons (Fsp3) is 0.516. The van der Waals surface area contributed by atoms with E-state index in [1.165, 1.54) is 23.1 Å². The van der Waals surface area contributed by atoms with E-state index in [1.54, 1.807) is 4.90 Å². The number of rotatable bonds is 8. The van der Waals surface area contributed by atoms with Gasteiger partial charge < -0.3 is 14.9 Å². The second-order valence-corrected chi connectivity index (χ2v) is 11.2. The maximum Gasteiger partial charge on any atom is 0.418 e. The summed E-state index contributed by atoms with van der Waals surface area (Å²) >= 11 is 0. The molecule has 43 heavy (non-hydrogen) atoms. The Morgan fingerprint density at radius 3 is 2.51 bits per heavy atom. The van der Waals surface area contributed by atoms with E-state index >= 15 is 0 Å². The van der Waals surface area contributed by atoms with Crippen LogP contribution < -0.4 is 0 Å². The number of carbonyl (C=O) groups excluding carboxylic acids is 2. The van der Waals surface area contributed by atoms with Gasteiger partial charge in [-0.25, -0.2) is 4.39 Å². The van der Waals surface area contributed by atoms with Gasteiger partial charge in [0.1, 0.15) is 11.5 Å². The monoisotopic (exact) mass is 602 g/mol. The first kappa shape index (κ1) is 31.9. The van der Waals surface area contributed by atoms with Gasteiger partial charge in [0.05, 0.1) is 23.0 Å². The molecule has 1 N–H and O–H groups in total. The molecule has 0 bridgehead atoms. The molecule has 230 valence electrons. The Morgan fingerprint density at radius 2 is 1.88 bits per heavy atom. The van der Waals surface area contributed by atoms with Crippen LogP contribution in [-0.2, 0) is 27.6 Å². The minimum absolute atomic E-state index is 0.133. The molecule has 1 aromatic heterocycles. The number of hydrogen-bond donors (Lipinski definition) is 1. The molecule has 12 heteroatoms. The highest BCUT2D eigenvalue weighted by Gasteiger charge is 2.45. The van der Waals surface area contributed by atoms with Crippen molar-refractivity contribution in [2.45, 2.75) is 75.9 Å². The minimum Gasteiger partial charge on any atom is -0.481 e. The summed E-state index contributed by atoms with van der Waals surface area (Å²) in [5.41, 5.74) is -1.92. The molecule has 2 amide bonds. The third-order valence-electron chi connectivity index (χ3n) is 8.60. The second kappa shape index (κ2) is 13.1. The van der Waals surface area contributed by atoms with E-state index in [0.717, 1.165) is 18.3 Å². The lowest BCUT2D eigenvalue weighted by Gasteiger charge is -2.44. The lowest BCUT2D eigenvalue weighted by atomic mass is 9.71. The highest BCUT2D eigenvalue weighted by molar-refractivity contribution is 5.95. The Hall–Kier alpha value is -4.01. The van der Waals surface area contributed by atoms with Gasteiger partial charge in [0.25, 0.3) is 5.91 Å². The van der Waals surface area contributed by atoms with E-state index in [0.29, 0.717) is 36.8 Å². The summed E-state index contributed by atoms with van der Waals surface area (Å²) in [5.74, 6) is -3.28. The van der Waals surface area contributed by atoms with Crippen molar-refractivity contribution < 1.29 is 37.1 Å². The zero-order valence-corrected chi connectivity index (χ0v) is 23.9. The third kappa shape index (κ3) is 6.81. The van der Waals surface area contributed by atoms with Crippen molar-refractivity contribution >= 4 is 17.8 Å². The van der Waals surface area contributed by atoms with Crippen LogP contribution in [0.4, 0.5) is 17.6 Å². The molecule has 2 atom stereocenters. The van der Waals surface area contributed by atoms with Gasteiger partial charge in [-0.1, -0.05) is 19.4 Å². The van der Waals surface area contributed by atoms with Gasteiger partial charge in [-0.05, 0) is 73.9 Å². The first-order valence-corrected chi connectivity index (χ1v) is 14.5. The van der Waals surface area contributed by atoms with Gasteiger partial charge in [0, 0.05) is 38.3 Å². The first-order valence-electron chi connectivity index (χ1n) is 14.5. The predicted octanol–water partition coefficient (Wildman–Crippen LogP) is 5.36. The lowest BCUT2D eigenvalue weighted by molar-refractivity contribution is -0.141. The summed E-state index contributed by atoms with van der Waals surface area (Å²) in [7, 11) is 0. The molecular weight excluding hydrogens is 568 g/mol. The number of aliphatic carboxylic acids is 1. The van der Waals surface area contributed by atoms with E-state index in [2.05, 4.69) is 11.1 Å². The van der Waals surface area contributed by atoms with Crippen molar-refractivity contribution in [2.24, 2.45) is 5.92 Å². The van der Waals surface area contributed by atoms with Crippen molar-refractivity contribution in [1.29, 1.82) is 5.26 Å². The summed E-state index contributed by atoms with van der Waals surface area (Å²) in [6.07, 6.45) is -1.34. The molecular formula is C31H34F4N4O4. The highest BCUT2D eigenvalue weighted by Crippen LogP contribution is 2.40. The standard InChI is InChI=1S/C31H34F4N4O4/c1-2-5-25-22(6-4-15-39(25)29(43)27-23(31(33,34)35)7-3-14-37-27)28(42)38-16-12-30(19-36,13-17-38)24-18-21(32)10-8-20(24)9-11-26(40)41/h3,7-8,10,14,18,22,25H,2,4-6,9,11-13,15-17H2,1H3,(H,40,41). The average Bonchev–Trinajstić information content (AvgIpc) is 2.99. The number of carbonyl (C=O) groups is 3. The largest absolute Gasteiger partial charge is 0.481 e. The van der Waals surface area contributed by atoms with Crippen LogP contribution in [0.5, 0.6) is 0 Å². The number of piperidine rings is 2. The van der Waals surface area contributed by atoms with Gasteiger partial charge in [-0.2, -0.15) is 18.4 Å². The molecule has 0 aliphatic carbocycles. The number of carboxylic acids is 1. The molecule has 2 aliphatic heterocycles. The zero-order valence-electron chi connectivity index (χ0n) is 23.9. The molecule has 3 heterocycles. The number of likely N-dealkylation sites (tertiary alicyclic amines) is 2. The molecule has 4 rings (SSSR count). The molecule has 8 nitrogen and oxygen atoms in total. The number of aromatic nitrogens is 1. The zero-order chi connectivity index (χ0) is 31.4. The van der Waals surface area contributed by atoms with E-state index < -0.39 is 52.5 Å². The number of hydrogen-bond acceptors (Lipinski definition) is 5. The van der Waals surface area contributed by atoms with Crippen LogP contribution in [0.3, 0.4) is 0 Å². The summed E-state index contributed by atoms with van der Waals surface area (Å²) in [5, 5.41) is 19.4. The van der Waals surface area contributed by atoms with Crippen LogP contribution in [0.1, 0.15) is 79.0 Å². The van der Waals surface area contributed by atoms with E-state index in [-0.39, 0.29) is 51.2 Å². The van der Waals surface area contributed by atoms with Crippen LogP contribution in [0.15, 0.2) is 36.5 Å². The number of carboxylic acid groups (broad SMARTS) is 1. The molecule has 1 aromatic carbocycles. The van der Waals surface area contributed by atoms with Gasteiger partial charge in [0.15, 0.2) is 0 Å². The van der Waals surface area contributed by atoms with Crippen molar-refractivity contribution in [2.75, 3.05) is 19.6 Å². The number of nitrogens with zero attached hydrogens (tertiary/aromatic N) is 4. The summed E-state index contributed by atoms with van der Waals surface area (Å²) in [4.78, 5) is 45.3. The van der Waals surface area contributed by atoms with Crippen LogP contribution in [0.2, 0.25) is 0 Å². The Kier molecular flexibility index (Phi) is 9.72. The summed E-state index contributed by atoms with van der Waals surface area (Å²) in [6.45, 7) is 2.45. The van der Waals surface area contributed by atoms with E-state index in [1.807, 2.05) is 6.92 Å². The number of aryl methyl sites for hydroxylation is 1. The maximum absolute atomic E-state index is 14.3. The van der Waals surface area contributed by atoms with Crippen LogP contribution >= 0.6 is 0 Å². The number of halogens is 4. The smallest absolute Gasteiger partial charge is 0.418 e. The number of benzene rings is 1. The van der Waals surface area contributed by atoms with Crippen molar-refractivity contribution in [3.05, 3.63) is 64.7 Å². The lowest BCUT2D eigenvalue weighted by Crippen LogP contribution is -2.55. The number of alkyl halides is 3. The number of pyridine rings is 1. The van der Waals surface area contributed by atoms with Crippen molar-refractivity contribution in [1.82, 2.24) is 14.8 Å². The highest BCUT2D eigenvalue weighted by atomic mass is 19.4. The average molecular weight is 603 g/mol. The quantitative estimate of drug-likeness (QED) is 0.407. The third-order valence-corrected chi connectivity index (χ3v) is 8.60. The molecule has 2 saturated heterocycles. The van der Waals surface area contributed by atoms with E-state index in [4.69, 9.17) is 5.11 Å². The summed E-state index contributed by atoms with van der Waals surface area (Å²) in [6, 6.07) is 7.65. The van der Waals surface area contributed by atoms with Gasteiger partial charge >= 0.3 is 12.1 Å². The van der Waals surface area contributed by atoms with E-state index in [9.17, 15) is 37.2 Å². The van der Waals surface area contributed by atoms with Crippen LogP contribution in [0, 0.1) is 23.1 Å². The molecule has 2 aromatic rings. The Bertz CT molecular complexity index is 1400. The first-order chi connectivity index (χ1) is 20.4. The van der Waals surface area contributed by atoms with Crippen LogP contribution in [-0.4, -0.2) is 63.4 Å². The van der Waals surface area contributed by atoms with Crippen LogP contribution in [0.25, 0.3) is 0 Å². The predicted molar refractivity (Wildman–Crippen MR) is 147 cm³/mol. The number of nitriles is 1. The molecule has 2 unspecified atom stereocenters. The second-order valence-electron chi connectivity index (χ2n) is 11.2. The molecule has 0 saturated carbocycles. The van der Waals surface area contributed by atoms with Crippen molar-refractivity contribution in [3.8, 4) is 6.07 Å². The fourth-order valence-corrected chi connectivity index (χ4v) is 6.43. The topological polar surface area (TPSA) is 115 Å². The number of amides is 2. The maximum atomic E-state index is 14.3. The Balaban J connectivity index is 1.55. The molecule has 0 spiro atoms. The van der Waals surface area contributed by atoms with Gasteiger partial charge in [-0.15, -0.1) is 0 Å². The normalized spacial score (nSPS) is 20.4. The molecule has 2 fully saturated rings. The Morgan fingerprint density at radius 1 is 1.16 bits per heavy atom. The molecule has 2 aliphatic rings.